The predicted molar refractivity (Wildman–Crippen MR) is 53.7 cm³/mol. The molecule has 0 aromatic rings. The van der Waals surface area contributed by atoms with Crippen LogP contribution in [0.25, 0.3) is 0 Å². The van der Waals surface area contributed by atoms with E-state index in [1.807, 2.05) is 0 Å². The van der Waals surface area contributed by atoms with Gasteiger partial charge in [0.2, 0.25) is 0 Å². The summed E-state index contributed by atoms with van der Waals surface area (Å²) in [5, 5.41) is 0. The molecule has 0 saturated carbocycles. The van der Waals surface area contributed by atoms with Crippen molar-refractivity contribution in [2.24, 2.45) is 17.2 Å². The normalized spacial score (nSPS) is 11.1. The molecule has 0 spiro atoms. The van der Waals surface area contributed by atoms with Gasteiger partial charge in [0.25, 0.3) is 0 Å². The maximum atomic E-state index is 11.7. The SMILES string of the molecule is NCCOP(=O)(OCCN)OCCN.[H-].[Na+]. The van der Waals surface area contributed by atoms with Crippen LogP contribution in [0, 0.1) is 0 Å². The molecule has 88 valence electrons. The Balaban J connectivity index is -0.000000845. The predicted octanol–water partition coefficient (Wildman–Crippen LogP) is -3.86. The third kappa shape index (κ3) is 9.89. The average molecular weight is 251 g/mol. The topological polar surface area (TPSA) is 123 Å². The monoisotopic (exact) mass is 251 g/mol. The van der Waals surface area contributed by atoms with Crippen LogP contribution in [0.1, 0.15) is 1.43 Å². The van der Waals surface area contributed by atoms with Gasteiger partial charge in [-0.3, -0.25) is 13.6 Å². The number of hydrogen-bond acceptors (Lipinski definition) is 7. The van der Waals surface area contributed by atoms with Crippen molar-refractivity contribution in [2.75, 3.05) is 39.5 Å². The summed E-state index contributed by atoms with van der Waals surface area (Å²) in [7, 11) is -3.51. The number of phosphoric acid groups is 1. The van der Waals surface area contributed by atoms with Gasteiger partial charge in [-0.1, -0.05) is 0 Å². The number of nitrogens with two attached hydrogens (primary N) is 3. The van der Waals surface area contributed by atoms with E-state index >= 15 is 0 Å². The first-order valence-corrected chi connectivity index (χ1v) is 5.78. The van der Waals surface area contributed by atoms with Gasteiger partial charge in [-0.15, -0.1) is 0 Å². The molecule has 0 aliphatic rings. The maximum Gasteiger partial charge on any atom is 1.00 e. The van der Waals surface area contributed by atoms with Gasteiger partial charge in [-0.2, -0.15) is 0 Å². The van der Waals surface area contributed by atoms with E-state index in [1.165, 1.54) is 0 Å². The van der Waals surface area contributed by atoms with Gasteiger partial charge in [0, 0.05) is 19.6 Å². The Morgan fingerprint density at radius 1 is 0.867 bits per heavy atom. The second-order valence-corrected chi connectivity index (χ2v) is 3.98. The van der Waals surface area contributed by atoms with Crippen LogP contribution in [0.3, 0.4) is 0 Å². The van der Waals surface area contributed by atoms with Crippen LogP contribution >= 0.6 is 7.82 Å². The van der Waals surface area contributed by atoms with Crippen LogP contribution in [0.2, 0.25) is 0 Å². The molecule has 9 heteroatoms. The molecule has 15 heavy (non-hydrogen) atoms. The Labute approximate surface area is 113 Å². The Morgan fingerprint density at radius 2 is 1.13 bits per heavy atom. The molecule has 7 nitrogen and oxygen atoms in total. The summed E-state index contributed by atoms with van der Waals surface area (Å²) in [6.45, 7) is 1.02. The summed E-state index contributed by atoms with van der Waals surface area (Å²) in [5.41, 5.74) is 15.6. The molecule has 0 radical (unpaired) electrons. The molecular formula is C6H19N3NaO4P. The van der Waals surface area contributed by atoms with Gasteiger partial charge in [-0.25, -0.2) is 4.57 Å². The molecule has 0 heterocycles. The minimum Gasteiger partial charge on any atom is -1.00 e. The average Bonchev–Trinajstić information content (AvgIpc) is 2.21. The standard InChI is InChI=1S/C6H18N3O4P.Na.H/c7-1-4-11-14(10,12-5-2-8)13-6-3-9;;/h1-9H2;;/q;+1;-1. The first-order valence-electron chi connectivity index (χ1n) is 4.32. The van der Waals surface area contributed by atoms with Gasteiger partial charge >= 0.3 is 37.4 Å². The van der Waals surface area contributed by atoms with Crippen LogP contribution in [0.4, 0.5) is 0 Å². The zero-order valence-corrected chi connectivity index (χ0v) is 11.9. The fraction of sp³-hybridized carbons (Fsp3) is 1.00. The van der Waals surface area contributed by atoms with Crippen molar-refractivity contribution in [3.05, 3.63) is 0 Å². The molecule has 0 aromatic heterocycles. The van der Waals surface area contributed by atoms with Crippen LogP contribution in [-0.4, -0.2) is 39.5 Å². The molecule has 0 aromatic carbocycles. The van der Waals surface area contributed by atoms with Gasteiger partial charge in [0.15, 0.2) is 0 Å². The Kier molecular flexibility index (Phi) is 14.0. The van der Waals surface area contributed by atoms with E-state index in [0.717, 1.165) is 0 Å². The summed E-state index contributed by atoms with van der Waals surface area (Å²) in [6.07, 6.45) is 0. The van der Waals surface area contributed by atoms with Gasteiger partial charge < -0.3 is 18.6 Å². The van der Waals surface area contributed by atoms with E-state index in [9.17, 15) is 4.57 Å². The smallest absolute Gasteiger partial charge is 1.00 e. The number of phosphoric ester groups is 1. The van der Waals surface area contributed by atoms with E-state index in [1.54, 1.807) is 0 Å². The van der Waals surface area contributed by atoms with Crippen LogP contribution < -0.4 is 46.8 Å². The molecule has 0 amide bonds. The van der Waals surface area contributed by atoms with Crippen molar-refractivity contribution >= 4 is 7.82 Å². The largest absolute Gasteiger partial charge is 1.00 e. The Bertz CT molecular complexity index is 163. The molecule has 0 unspecified atom stereocenters. The van der Waals surface area contributed by atoms with Gasteiger partial charge in [0.1, 0.15) is 0 Å². The second kappa shape index (κ2) is 11.5. The van der Waals surface area contributed by atoms with Crippen LogP contribution in [0.15, 0.2) is 0 Å². The molecule has 0 aliphatic heterocycles. The second-order valence-electron chi connectivity index (χ2n) is 2.31. The van der Waals surface area contributed by atoms with Crippen molar-refractivity contribution in [2.45, 2.75) is 0 Å². The zero-order valence-electron chi connectivity index (χ0n) is 10.1. The molecule has 0 atom stereocenters. The van der Waals surface area contributed by atoms with E-state index in [4.69, 9.17) is 30.8 Å². The number of hydrogen-bond donors (Lipinski definition) is 3. The molecule has 0 fully saturated rings. The summed E-state index contributed by atoms with van der Waals surface area (Å²) in [4.78, 5) is 0. The van der Waals surface area contributed by atoms with Crippen LogP contribution in [0.5, 0.6) is 0 Å². The summed E-state index contributed by atoms with van der Waals surface area (Å²) >= 11 is 0. The van der Waals surface area contributed by atoms with E-state index in [-0.39, 0.29) is 70.4 Å². The van der Waals surface area contributed by atoms with Crippen LogP contribution in [-0.2, 0) is 18.1 Å². The zero-order chi connectivity index (χ0) is 10.9. The molecular weight excluding hydrogens is 232 g/mol. The molecule has 0 bridgehead atoms. The van der Waals surface area contributed by atoms with Crippen molar-refractivity contribution < 1.29 is 49.1 Å². The van der Waals surface area contributed by atoms with E-state index in [0.29, 0.717) is 0 Å². The van der Waals surface area contributed by atoms with Crippen molar-refractivity contribution in [3.8, 4) is 0 Å². The molecule has 0 saturated heterocycles. The molecule has 0 rings (SSSR count). The van der Waals surface area contributed by atoms with Crippen molar-refractivity contribution in [3.63, 3.8) is 0 Å². The minimum atomic E-state index is -3.51. The Hall–Kier alpha value is 0.990. The van der Waals surface area contributed by atoms with Crippen molar-refractivity contribution in [1.82, 2.24) is 0 Å². The summed E-state index contributed by atoms with van der Waals surface area (Å²) < 4.78 is 26.2. The van der Waals surface area contributed by atoms with Gasteiger partial charge in [0.05, 0.1) is 19.8 Å². The fourth-order valence-electron chi connectivity index (χ4n) is 0.605. The van der Waals surface area contributed by atoms with E-state index in [2.05, 4.69) is 0 Å². The fourth-order valence-corrected chi connectivity index (χ4v) is 1.82. The Morgan fingerprint density at radius 3 is 1.33 bits per heavy atom. The quantitative estimate of drug-likeness (QED) is 0.283. The minimum absolute atomic E-state index is 0. The van der Waals surface area contributed by atoms with Crippen molar-refractivity contribution in [1.29, 1.82) is 0 Å². The third-order valence-corrected chi connectivity index (χ3v) is 2.60. The maximum absolute atomic E-state index is 11.7. The number of rotatable bonds is 9. The summed E-state index contributed by atoms with van der Waals surface area (Å²) in [6, 6.07) is 0. The van der Waals surface area contributed by atoms with E-state index < -0.39 is 7.82 Å². The first kappa shape index (κ1) is 18.4. The summed E-state index contributed by atoms with van der Waals surface area (Å²) in [5.74, 6) is 0. The molecule has 0 aliphatic carbocycles. The molecule has 6 N–H and O–H groups in total. The van der Waals surface area contributed by atoms with Gasteiger partial charge in [-0.05, 0) is 0 Å². The first-order chi connectivity index (χ1) is 6.68. The third-order valence-electron chi connectivity index (χ3n) is 1.10.